The van der Waals surface area contributed by atoms with E-state index in [1.165, 1.54) is 15.3 Å². The first-order valence-corrected chi connectivity index (χ1v) is 13.4. The van der Waals surface area contributed by atoms with Crippen molar-refractivity contribution in [3.8, 4) is 0 Å². The Hall–Kier alpha value is -2.58. The van der Waals surface area contributed by atoms with E-state index >= 15 is 0 Å². The third-order valence-electron chi connectivity index (χ3n) is 4.88. The standard InChI is InChI=1S/C12H18N2O3.C12H16N2O3.C2H6.CH5P/c2*1-12(2,3)17-11(16)14-6-9(7-15)13-10(14)8-4-5-8;2*1-2/h6,8,15H,4-5,7H2,1-3H3;6-8H,4-5H2,1-3H3;1-2H3;2H2,1H3/i;;2*1D. The van der Waals surface area contributed by atoms with E-state index < -0.39 is 23.4 Å². The molecule has 0 saturated heterocycles. The van der Waals surface area contributed by atoms with Crippen LogP contribution in [0.1, 0.15) is 123 Å². The van der Waals surface area contributed by atoms with Gasteiger partial charge in [0.15, 0.2) is 6.29 Å². The Bertz CT molecular complexity index is 1100. The predicted octanol–water partition coefficient (Wildman–Crippen LogP) is 5.91. The Balaban J connectivity index is 0.000000335. The van der Waals surface area contributed by atoms with Crippen LogP contribution < -0.4 is 0 Å². The van der Waals surface area contributed by atoms with Crippen molar-refractivity contribution in [1.82, 2.24) is 19.1 Å². The van der Waals surface area contributed by atoms with Gasteiger partial charge in [-0.15, -0.1) is 9.24 Å². The molecular formula is C27H45N4O6P. The quantitative estimate of drug-likeness (QED) is 0.365. The highest BCUT2D eigenvalue weighted by atomic mass is 31.0. The van der Waals surface area contributed by atoms with Gasteiger partial charge in [-0.1, -0.05) is 20.5 Å². The number of aliphatic hydroxyl groups excluding tert-OH is 1. The lowest BCUT2D eigenvalue weighted by molar-refractivity contribution is 0.0520. The van der Waals surface area contributed by atoms with Gasteiger partial charge < -0.3 is 14.6 Å². The number of aldehydes is 1. The normalized spacial score (nSPS) is 15.2. The molecule has 2 aliphatic carbocycles. The molecule has 0 bridgehead atoms. The van der Waals surface area contributed by atoms with Gasteiger partial charge in [0.05, 0.1) is 12.3 Å². The van der Waals surface area contributed by atoms with Crippen molar-refractivity contribution in [2.45, 2.75) is 111 Å². The van der Waals surface area contributed by atoms with Crippen LogP contribution in [-0.4, -0.2) is 60.5 Å². The first-order valence-electron chi connectivity index (χ1n) is 14.0. The average molecular weight is 555 g/mol. The Labute approximate surface area is 231 Å². The third-order valence-corrected chi connectivity index (χ3v) is 4.88. The first-order chi connectivity index (χ1) is 18.6. The highest BCUT2D eigenvalue weighted by Gasteiger charge is 2.33. The van der Waals surface area contributed by atoms with E-state index in [-0.39, 0.29) is 18.2 Å². The molecule has 0 aliphatic heterocycles. The molecule has 0 amide bonds. The van der Waals surface area contributed by atoms with E-state index in [4.69, 9.17) is 17.3 Å². The smallest absolute Gasteiger partial charge is 0.420 e. The maximum absolute atomic E-state index is 12.0. The zero-order chi connectivity index (χ0) is 30.7. The maximum atomic E-state index is 12.0. The summed E-state index contributed by atoms with van der Waals surface area (Å²) in [7, 11) is 2.25. The van der Waals surface area contributed by atoms with E-state index in [0.29, 0.717) is 43.1 Å². The summed E-state index contributed by atoms with van der Waals surface area (Å²) in [6, 6.07) is 0. The summed E-state index contributed by atoms with van der Waals surface area (Å²) in [6.07, 6.45) is 6.86. The van der Waals surface area contributed by atoms with E-state index in [9.17, 15) is 14.4 Å². The van der Waals surface area contributed by atoms with Gasteiger partial charge in [0.25, 0.3) is 0 Å². The summed E-state index contributed by atoms with van der Waals surface area (Å²) in [4.78, 5) is 43.0. The summed E-state index contributed by atoms with van der Waals surface area (Å²) in [5.41, 5.74) is -0.291. The Kier molecular flexibility index (Phi) is 11.5. The Morgan fingerprint density at radius 3 is 1.74 bits per heavy atom. The number of hydrogen-bond acceptors (Lipinski definition) is 8. The summed E-state index contributed by atoms with van der Waals surface area (Å²) < 4.78 is 25.7. The molecule has 2 heterocycles. The van der Waals surface area contributed by atoms with Crippen LogP contribution >= 0.6 is 9.24 Å². The van der Waals surface area contributed by atoms with Crippen LogP contribution in [0.2, 0.25) is 0 Å². The molecule has 4 rings (SSSR count). The van der Waals surface area contributed by atoms with E-state index in [1.807, 2.05) is 20.8 Å². The molecular weight excluding hydrogens is 507 g/mol. The van der Waals surface area contributed by atoms with Gasteiger partial charge in [0.1, 0.15) is 28.5 Å². The molecule has 0 radical (unpaired) electrons. The number of rotatable bonds is 4. The molecule has 10 nitrogen and oxygen atoms in total. The van der Waals surface area contributed by atoms with Crippen LogP contribution in [0.5, 0.6) is 0 Å². The molecule has 11 heteroatoms. The van der Waals surface area contributed by atoms with Gasteiger partial charge in [-0.05, 0) is 67.2 Å². The molecule has 2 aliphatic rings. The second kappa shape index (κ2) is 14.5. The van der Waals surface area contributed by atoms with Gasteiger partial charge in [-0.25, -0.2) is 28.7 Å². The van der Waals surface area contributed by atoms with Gasteiger partial charge in [-0.3, -0.25) is 4.79 Å². The van der Waals surface area contributed by atoms with Crippen molar-refractivity contribution in [3.05, 3.63) is 35.4 Å². The van der Waals surface area contributed by atoms with Crippen molar-refractivity contribution in [2.75, 3.05) is 6.64 Å². The molecule has 2 aromatic rings. The lowest BCUT2D eigenvalue weighted by Crippen LogP contribution is -2.27. The van der Waals surface area contributed by atoms with Gasteiger partial charge >= 0.3 is 12.2 Å². The highest BCUT2D eigenvalue weighted by Crippen LogP contribution is 2.40. The second-order valence-electron chi connectivity index (χ2n) is 10.6. The largest absolute Gasteiger partial charge is 0.443 e. The number of imidazole rings is 2. The number of aromatic nitrogens is 4. The van der Waals surface area contributed by atoms with Crippen LogP contribution in [0.3, 0.4) is 0 Å². The molecule has 1 N–H and O–H groups in total. The van der Waals surface area contributed by atoms with Gasteiger partial charge in [0, 0.05) is 27.0 Å². The minimum Gasteiger partial charge on any atom is -0.443 e. The second-order valence-corrected chi connectivity index (χ2v) is 10.6. The van der Waals surface area contributed by atoms with E-state index in [0.717, 1.165) is 25.7 Å². The zero-order valence-corrected chi connectivity index (χ0v) is 24.8. The molecule has 2 aromatic heterocycles. The van der Waals surface area contributed by atoms with E-state index in [1.54, 1.807) is 33.9 Å². The van der Waals surface area contributed by atoms with Crippen molar-refractivity contribution < 1.29 is 31.7 Å². The van der Waals surface area contributed by atoms with Crippen molar-refractivity contribution in [1.29, 1.82) is 0 Å². The maximum Gasteiger partial charge on any atom is 0.420 e. The number of hydrogen-bond donors (Lipinski definition) is 1. The van der Waals surface area contributed by atoms with Crippen molar-refractivity contribution >= 4 is 27.7 Å². The number of carbonyl (C=O) groups is 3. The monoisotopic (exact) mass is 554 g/mol. The number of aliphatic hydroxyl groups is 1. The Morgan fingerprint density at radius 1 is 1.00 bits per heavy atom. The predicted molar refractivity (Wildman–Crippen MR) is 150 cm³/mol. The van der Waals surface area contributed by atoms with Crippen LogP contribution in [0, 0.1) is 0 Å². The third kappa shape index (κ3) is 10.7. The number of nitrogens with zero attached hydrogens (tertiary/aromatic N) is 4. The molecule has 1 unspecified atom stereocenters. The molecule has 214 valence electrons. The summed E-state index contributed by atoms with van der Waals surface area (Å²) in [6.45, 7) is 13.4. The average Bonchev–Trinajstić information content (AvgIpc) is 3.77. The zero-order valence-electron chi connectivity index (χ0n) is 25.7. The molecule has 38 heavy (non-hydrogen) atoms. The summed E-state index contributed by atoms with van der Waals surface area (Å²) in [5, 5.41) is 9.06. The topological polar surface area (TPSA) is 126 Å². The van der Waals surface area contributed by atoms with Crippen LogP contribution in [-0.2, 0) is 16.1 Å². The summed E-state index contributed by atoms with van der Waals surface area (Å²) in [5.74, 6) is 1.98. The van der Waals surface area contributed by atoms with Crippen LogP contribution in [0.25, 0.3) is 0 Å². The molecule has 0 spiro atoms. The Morgan fingerprint density at radius 2 is 1.39 bits per heavy atom. The SMILES string of the molecule is CC(C)(C)OC(=O)n1cc(C=O)nc1C1CC1.CC(C)(C)OC(=O)n1cc(CO)nc1C1CC1.[2H]CC.[2H]CP. The number of carbonyl (C=O) groups excluding carboxylic acids is 3. The van der Waals surface area contributed by atoms with Crippen LogP contribution in [0.15, 0.2) is 12.4 Å². The van der Waals surface area contributed by atoms with Gasteiger partial charge in [-0.2, -0.15) is 0 Å². The van der Waals surface area contributed by atoms with Crippen molar-refractivity contribution in [3.63, 3.8) is 0 Å². The minimum atomic E-state index is -0.552. The van der Waals surface area contributed by atoms with Crippen LogP contribution in [0.4, 0.5) is 9.59 Å². The molecule has 2 fully saturated rings. The molecule has 2 saturated carbocycles. The minimum absolute atomic E-state index is 0.157. The van der Waals surface area contributed by atoms with Gasteiger partial charge in [0.2, 0.25) is 0 Å². The lowest BCUT2D eigenvalue weighted by atomic mass is 10.2. The fourth-order valence-electron chi connectivity index (χ4n) is 3.17. The summed E-state index contributed by atoms with van der Waals surface area (Å²) >= 11 is 0. The lowest BCUT2D eigenvalue weighted by Gasteiger charge is -2.20. The molecule has 0 aromatic carbocycles. The fourth-order valence-corrected chi connectivity index (χ4v) is 3.17. The van der Waals surface area contributed by atoms with Crippen molar-refractivity contribution in [2.24, 2.45) is 0 Å². The molecule has 1 atom stereocenters. The highest BCUT2D eigenvalue weighted by molar-refractivity contribution is 7.15. The first kappa shape index (κ1) is 30.0. The number of ether oxygens (including phenoxy) is 2. The van der Waals surface area contributed by atoms with E-state index in [2.05, 4.69) is 19.2 Å². The fraction of sp³-hybridized carbons (Fsp3) is 0.667.